The maximum absolute atomic E-state index is 14.5. The highest BCUT2D eigenvalue weighted by atomic mass is 19.4. The minimum atomic E-state index is -5.15. The summed E-state index contributed by atoms with van der Waals surface area (Å²) in [5, 5.41) is 9.88. The van der Waals surface area contributed by atoms with E-state index in [1.807, 2.05) is 20.8 Å². The minimum Gasteiger partial charge on any atom is -0.295 e. The second-order valence-electron chi connectivity index (χ2n) is 15.8. The van der Waals surface area contributed by atoms with Crippen molar-refractivity contribution in [3.05, 3.63) is 23.3 Å². The van der Waals surface area contributed by atoms with Gasteiger partial charge in [0.2, 0.25) is 5.91 Å². The molecule has 7 atom stereocenters. The van der Waals surface area contributed by atoms with Crippen LogP contribution in [0.25, 0.3) is 0 Å². The first-order valence-electron chi connectivity index (χ1n) is 15.2. The van der Waals surface area contributed by atoms with Crippen molar-refractivity contribution in [2.75, 3.05) is 0 Å². The topological polar surface area (TPSA) is 116 Å². The number of hydrazine groups is 1. The third kappa shape index (κ3) is 4.19. The summed E-state index contributed by atoms with van der Waals surface area (Å²) >= 11 is 0. The van der Waals surface area contributed by atoms with E-state index in [1.54, 1.807) is 17.6 Å². The molecule has 0 aliphatic heterocycles. The Hall–Kier alpha value is -2.96. The van der Waals surface area contributed by atoms with Crippen molar-refractivity contribution in [3.63, 3.8) is 0 Å². The molecule has 0 radical (unpaired) electrons. The second kappa shape index (κ2) is 9.28. The van der Waals surface area contributed by atoms with Crippen molar-refractivity contribution in [2.24, 2.45) is 50.2 Å². The molecule has 0 aromatic rings. The molecule has 43 heavy (non-hydrogen) atoms. The van der Waals surface area contributed by atoms with Crippen molar-refractivity contribution in [3.8, 4) is 6.07 Å². The molecule has 2 N–H and O–H groups in total. The van der Waals surface area contributed by atoms with Crippen LogP contribution in [0.15, 0.2) is 23.3 Å². The number of carbonyl (C=O) groups excluding carboxylic acids is 4. The lowest BCUT2D eigenvalue weighted by molar-refractivity contribution is -0.182. The third-order valence-corrected chi connectivity index (χ3v) is 12.9. The molecule has 5 rings (SSSR count). The monoisotopic (exact) mass is 601 g/mol. The molecule has 7 nitrogen and oxygen atoms in total. The van der Waals surface area contributed by atoms with Crippen LogP contribution in [-0.4, -0.2) is 29.6 Å². The fourth-order valence-electron chi connectivity index (χ4n) is 10.3. The Kier molecular flexibility index (Phi) is 6.79. The number of hydrogen-bond donors (Lipinski definition) is 2. The number of alkyl halides is 3. The van der Waals surface area contributed by atoms with Crippen molar-refractivity contribution in [1.29, 1.82) is 5.26 Å². The van der Waals surface area contributed by atoms with Gasteiger partial charge in [-0.2, -0.15) is 18.4 Å². The Bertz CT molecular complexity index is 1420. The maximum Gasteiger partial charge on any atom is 0.472 e. The lowest BCUT2D eigenvalue weighted by atomic mass is 9.34. The summed E-state index contributed by atoms with van der Waals surface area (Å²) in [6.07, 6.45) is 2.26. The Labute approximate surface area is 251 Å². The number of hydrogen-bond acceptors (Lipinski definition) is 5. The summed E-state index contributed by atoms with van der Waals surface area (Å²) in [5.41, 5.74) is 0.816. The smallest absolute Gasteiger partial charge is 0.295 e. The van der Waals surface area contributed by atoms with E-state index in [2.05, 4.69) is 39.2 Å². The first-order chi connectivity index (χ1) is 19.6. The van der Waals surface area contributed by atoms with Gasteiger partial charge < -0.3 is 0 Å². The Morgan fingerprint density at radius 1 is 0.953 bits per heavy atom. The van der Waals surface area contributed by atoms with E-state index < -0.39 is 56.9 Å². The normalized spacial score (nSPS) is 41.2. The van der Waals surface area contributed by atoms with E-state index in [0.29, 0.717) is 32.1 Å². The standard InChI is InChI=1S/C33H42F3N3O4/c1-27(2)10-12-32(25(42)38-39-26(43)33(34,35)36)13-11-31(7)23(19(32)16-27)20(40)14-22-29(5)15-18(17-37)24(41)28(3,4)21(29)8-9-30(22,31)6/h14-15,19,21,23H,8-13,16H2,1-7H3,(H,38,42)(H,39,43)/t19-,21-,23-,29-,30+,31+,32-/m0/s1. The fraction of sp³-hybridized carbons (Fsp3) is 0.727. The van der Waals surface area contributed by atoms with Crippen LogP contribution in [-0.2, 0) is 19.2 Å². The van der Waals surface area contributed by atoms with Gasteiger partial charge >= 0.3 is 12.1 Å². The summed E-state index contributed by atoms with van der Waals surface area (Å²) in [6.45, 7) is 14.3. The number of carbonyl (C=O) groups is 4. The number of nitriles is 1. The van der Waals surface area contributed by atoms with Crippen molar-refractivity contribution < 1.29 is 32.3 Å². The van der Waals surface area contributed by atoms with Crippen LogP contribution in [0.1, 0.15) is 93.4 Å². The van der Waals surface area contributed by atoms with E-state index in [0.717, 1.165) is 18.4 Å². The predicted octanol–water partition coefficient (Wildman–Crippen LogP) is 5.92. The van der Waals surface area contributed by atoms with Crippen molar-refractivity contribution in [2.45, 2.75) is 99.6 Å². The molecule has 10 heteroatoms. The molecule has 0 spiro atoms. The van der Waals surface area contributed by atoms with E-state index in [1.165, 1.54) is 0 Å². The minimum absolute atomic E-state index is 0.101. The summed E-state index contributed by atoms with van der Waals surface area (Å²) < 4.78 is 38.7. The molecule has 0 bridgehead atoms. The zero-order chi connectivity index (χ0) is 32.2. The lowest BCUT2D eigenvalue weighted by Crippen LogP contribution is -2.67. The molecule has 5 aliphatic carbocycles. The second-order valence-corrected chi connectivity index (χ2v) is 15.8. The van der Waals surface area contributed by atoms with Crippen LogP contribution in [0.4, 0.5) is 13.2 Å². The zero-order valence-electron chi connectivity index (χ0n) is 26.1. The molecular formula is C33H42F3N3O4. The summed E-state index contributed by atoms with van der Waals surface area (Å²) in [5.74, 6) is -4.32. The molecule has 0 heterocycles. The summed E-state index contributed by atoms with van der Waals surface area (Å²) in [4.78, 5) is 53.0. The number of halogens is 3. The first kappa shape index (κ1) is 31.5. The van der Waals surface area contributed by atoms with E-state index in [-0.39, 0.29) is 28.5 Å². The number of Topliss-reactive ketones (excluding diaryl/α,β-unsaturated/α-hetero) is 1. The molecule has 5 aliphatic rings. The average Bonchev–Trinajstić information content (AvgIpc) is 2.89. The lowest BCUT2D eigenvalue weighted by Gasteiger charge is -2.69. The summed E-state index contributed by atoms with van der Waals surface area (Å²) in [7, 11) is 0. The molecular weight excluding hydrogens is 559 g/mol. The van der Waals surface area contributed by atoms with Gasteiger partial charge in [0.05, 0.1) is 11.0 Å². The molecule has 0 aromatic heterocycles. The first-order valence-corrected chi connectivity index (χ1v) is 15.2. The number of nitrogens with one attached hydrogen (secondary N) is 2. The molecule has 3 fully saturated rings. The Balaban J connectivity index is 1.61. The molecule has 2 amide bonds. The van der Waals surface area contributed by atoms with Crippen molar-refractivity contribution in [1.82, 2.24) is 10.9 Å². The zero-order valence-corrected chi connectivity index (χ0v) is 26.1. The van der Waals surface area contributed by atoms with E-state index >= 15 is 0 Å². The average molecular weight is 602 g/mol. The van der Waals surface area contributed by atoms with Crippen LogP contribution in [0.5, 0.6) is 0 Å². The molecule has 0 saturated heterocycles. The Morgan fingerprint density at radius 2 is 1.58 bits per heavy atom. The SMILES string of the molecule is CC1(C)CC[C@]2(C(=O)NNC(=O)C(F)(F)F)CC[C@]3(C)[C@H](C(=O)C=C4[C@@]5(C)C=C(C#N)C(=O)C(C)(C)[C@@H]5CC[C@]43C)[C@@H]2C1. The number of rotatable bonds is 1. The van der Waals surface area contributed by atoms with Gasteiger partial charge in [0.25, 0.3) is 0 Å². The molecule has 3 saturated carbocycles. The molecule has 234 valence electrons. The van der Waals surface area contributed by atoms with Gasteiger partial charge in [-0.15, -0.1) is 0 Å². The van der Waals surface area contributed by atoms with Gasteiger partial charge in [0.15, 0.2) is 11.6 Å². The molecule has 0 aromatic carbocycles. The quantitative estimate of drug-likeness (QED) is 0.362. The van der Waals surface area contributed by atoms with Crippen LogP contribution in [0.3, 0.4) is 0 Å². The van der Waals surface area contributed by atoms with E-state index in [9.17, 15) is 37.6 Å². The fourth-order valence-corrected chi connectivity index (χ4v) is 10.3. The van der Waals surface area contributed by atoms with Gasteiger partial charge in [-0.05, 0) is 79.1 Å². The number of amides is 2. The van der Waals surface area contributed by atoms with Gasteiger partial charge in [-0.25, -0.2) is 0 Å². The van der Waals surface area contributed by atoms with Gasteiger partial charge in [-0.3, -0.25) is 30.0 Å². The third-order valence-electron chi connectivity index (χ3n) is 12.9. The van der Waals surface area contributed by atoms with Crippen LogP contribution >= 0.6 is 0 Å². The number of ketones is 2. The number of fused-ring (bicyclic) bond motifs is 7. The van der Waals surface area contributed by atoms with Crippen LogP contribution in [0.2, 0.25) is 0 Å². The van der Waals surface area contributed by atoms with Crippen LogP contribution in [0, 0.1) is 61.6 Å². The number of nitrogens with zero attached hydrogens (tertiary/aromatic N) is 1. The van der Waals surface area contributed by atoms with Crippen molar-refractivity contribution >= 4 is 23.4 Å². The van der Waals surface area contributed by atoms with Gasteiger partial charge in [0.1, 0.15) is 6.07 Å². The molecule has 0 unspecified atom stereocenters. The van der Waals surface area contributed by atoms with Gasteiger partial charge in [-0.1, -0.05) is 60.1 Å². The highest BCUT2D eigenvalue weighted by Crippen LogP contribution is 2.74. The van der Waals surface area contributed by atoms with E-state index in [4.69, 9.17) is 0 Å². The van der Waals surface area contributed by atoms with Gasteiger partial charge in [0, 0.05) is 16.7 Å². The summed E-state index contributed by atoms with van der Waals surface area (Å²) in [6, 6.07) is 2.10. The Morgan fingerprint density at radius 3 is 2.19 bits per heavy atom. The maximum atomic E-state index is 14.5. The number of allylic oxidation sites excluding steroid dienone is 4. The highest BCUT2D eigenvalue weighted by molar-refractivity contribution is 6.04. The largest absolute Gasteiger partial charge is 0.472 e. The predicted molar refractivity (Wildman–Crippen MR) is 151 cm³/mol. The van der Waals surface area contributed by atoms with Crippen LogP contribution < -0.4 is 10.9 Å². The highest BCUT2D eigenvalue weighted by Gasteiger charge is 2.71.